The van der Waals surface area contributed by atoms with Crippen molar-refractivity contribution in [2.24, 2.45) is 0 Å². The summed E-state index contributed by atoms with van der Waals surface area (Å²) in [6.07, 6.45) is 0.664. The highest BCUT2D eigenvalue weighted by Gasteiger charge is 2.35. The van der Waals surface area contributed by atoms with Crippen LogP contribution in [0.25, 0.3) is 0 Å². The van der Waals surface area contributed by atoms with Gasteiger partial charge in [-0.15, -0.1) is 0 Å². The van der Waals surface area contributed by atoms with Crippen LogP contribution in [0, 0.1) is 0 Å². The number of nitrogens with zero attached hydrogens (tertiary/aromatic N) is 1. The number of ketones is 1. The summed E-state index contributed by atoms with van der Waals surface area (Å²) in [6.45, 7) is 0.602. The maximum atomic E-state index is 12.7. The molecule has 0 aromatic heterocycles. The Bertz CT molecular complexity index is 879. The van der Waals surface area contributed by atoms with E-state index >= 15 is 0 Å². The number of Topliss-reactive ketones (excluding diaryl/α,β-unsaturated/α-hetero) is 1. The van der Waals surface area contributed by atoms with Crippen molar-refractivity contribution in [1.29, 1.82) is 0 Å². The molecule has 1 heterocycles. The van der Waals surface area contributed by atoms with E-state index in [0.717, 1.165) is 0 Å². The number of likely N-dealkylation sites (tertiary alicyclic amines) is 1. The predicted molar refractivity (Wildman–Crippen MR) is 98.6 cm³/mol. The van der Waals surface area contributed by atoms with Crippen LogP contribution in [0.1, 0.15) is 29.6 Å². The maximum Gasteiger partial charge on any atom is 0.223 e. The lowest BCUT2D eigenvalue weighted by Crippen LogP contribution is -2.32. The molecule has 1 amide bonds. The molecule has 0 spiro atoms. The lowest BCUT2D eigenvalue weighted by molar-refractivity contribution is -0.130. The van der Waals surface area contributed by atoms with E-state index in [4.69, 9.17) is 0 Å². The highest BCUT2D eigenvalue weighted by atomic mass is 32.2. The largest absolute Gasteiger partial charge is 0.341 e. The number of carbonyl (C=O) groups excluding carboxylic acids is 2. The van der Waals surface area contributed by atoms with Crippen molar-refractivity contribution in [3.8, 4) is 0 Å². The Morgan fingerprint density at radius 1 is 0.923 bits per heavy atom. The Morgan fingerprint density at radius 2 is 1.54 bits per heavy atom. The third kappa shape index (κ3) is 4.02. The first kappa shape index (κ1) is 18.3. The molecule has 0 bridgehead atoms. The smallest absolute Gasteiger partial charge is 0.223 e. The zero-order valence-electron chi connectivity index (χ0n) is 14.4. The number of benzene rings is 2. The molecule has 1 saturated heterocycles. The van der Waals surface area contributed by atoms with Crippen LogP contribution in [-0.2, 0) is 14.6 Å². The molecule has 6 heteroatoms. The van der Waals surface area contributed by atoms with Crippen LogP contribution in [0.5, 0.6) is 0 Å². The van der Waals surface area contributed by atoms with Gasteiger partial charge in [0.15, 0.2) is 15.6 Å². The van der Waals surface area contributed by atoms with Gasteiger partial charge in [-0.25, -0.2) is 8.42 Å². The third-order valence-electron chi connectivity index (χ3n) is 4.67. The van der Waals surface area contributed by atoms with Gasteiger partial charge in [0.05, 0.1) is 10.1 Å². The average molecular weight is 371 g/mol. The molecule has 0 saturated carbocycles. The molecule has 1 aliphatic heterocycles. The van der Waals surface area contributed by atoms with E-state index in [1.54, 1.807) is 59.5 Å². The van der Waals surface area contributed by atoms with E-state index in [2.05, 4.69) is 0 Å². The SMILES string of the molecule is O=C(CCC(=O)N1CCC(S(=O)(=O)c2ccccc2)C1)c1ccccc1. The number of hydrogen-bond acceptors (Lipinski definition) is 4. The second-order valence-corrected chi connectivity index (χ2v) is 8.63. The van der Waals surface area contributed by atoms with Gasteiger partial charge in [0, 0.05) is 31.5 Å². The van der Waals surface area contributed by atoms with Crippen molar-refractivity contribution in [3.63, 3.8) is 0 Å². The van der Waals surface area contributed by atoms with Crippen molar-refractivity contribution in [1.82, 2.24) is 4.90 Å². The van der Waals surface area contributed by atoms with E-state index in [-0.39, 0.29) is 31.1 Å². The molecule has 1 aliphatic rings. The average Bonchev–Trinajstić information content (AvgIpc) is 3.18. The van der Waals surface area contributed by atoms with E-state index in [0.29, 0.717) is 23.4 Å². The molecule has 2 aromatic rings. The lowest BCUT2D eigenvalue weighted by atomic mass is 10.1. The minimum absolute atomic E-state index is 0.0772. The summed E-state index contributed by atoms with van der Waals surface area (Å²) in [4.78, 5) is 26.3. The molecule has 1 atom stereocenters. The molecule has 5 nitrogen and oxygen atoms in total. The van der Waals surface area contributed by atoms with E-state index < -0.39 is 15.1 Å². The fourth-order valence-electron chi connectivity index (χ4n) is 3.16. The quantitative estimate of drug-likeness (QED) is 0.732. The monoisotopic (exact) mass is 371 g/mol. The summed E-state index contributed by atoms with van der Waals surface area (Å²) in [5.74, 6) is -0.244. The van der Waals surface area contributed by atoms with Crippen LogP contribution < -0.4 is 0 Å². The Morgan fingerprint density at radius 3 is 2.19 bits per heavy atom. The Labute approximate surface area is 153 Å². The first-order valence-corrected chi connectivity index (χ1v) is 10.2. The van der Waals surface area contributed by atoms with E-state index in [1.165, 1.54) is 0 Å². The van der Waals surface area contributed by atoms with Crippen LogP contribution in [0.4, 0.5) is 0 Å². The second kappa shape index (κ2) is 7.83. The molecule has 1 fully saturated rings. The Hall–Kier alpha value is -2.47. The number of hydrogen-bond donors (Lipinski definition) is 0. The summed E-state index contributed by atoms with van der Waals surface area (Å²) in [5, 5.41) is -0.585. The molecule has 0 aliphatic carbocycles. The number of amides is 1. The molecule has 136 valence electrons. The standard InChI is InChI=1S/C20H21NO4S/c22-19(16-7-3-1-4-8-16)11-12-20(23)21-14-13-18(15-21)26(24,25)17-9-5-2-6-10-17/h1-10,18H,11-15H2. The molecular formula is C20H21NO4S. The lowest BCUT2D eigenvalue weighted by Gasteiger charge is -2.16. The third-order valence-corrected chi connectivity index (χ3v) is 6.86. The molecule has 3 rings (SSSR count). The molecule has 1 unspecified atom stereocenters. The summed E-state index contributed by atoms with van der Waals surface area (Å²) < 4.78 is 25.3. The Kier molecular flexibility index (Phi) is 5.52. The summed E-state index contributed by atoms with van der Waals surface area (Å²) in [6, 6.07) is 17.2. The van der Waals surface area contributed by atoms with Gasteiger partial charge < -0.3 is 4.90 Å². The van der Waals surface area contributed by atoms with Crippen molar-refractivity contribution in [3.05, 3.63) is 66.2 Å². The first-order valence-electron chi connectivity index (χ1n) is 8.63. The molecule has 26 heavy (non-hydrogen) atoms. The maximum absolute atomic E-state index is 12.7. The van der Waals surface area contributed by atoms with E-state index in [9.17, 15) is 18.0 Å². The van der Waals surface area contributed by atoms with Gasteiger partial charge in [-0.2, -0.15) is 0 Å². The molecule has 0 radical (unpaired) electrons. The van der Waals surface area contributed by atoms with Crippen LogP contribution >= 0.6 is 0 Å². The van der Waals surface area contributed by atoms with E-state index in [1.807, 2.05) is 6.07 Å². The van der Waals surface area contributed by atoms with Crippen molar-refractivity contribution >= 4 is 21.5 Å². The fourth-order valence-corrected chi connectivity index (χ4v) is 4.87. The molecular weight excluding hydrogens is 350 g/mol. The van der Waals surface area contributed by atoms with Gasteiger partial charge in [-0.05, 0) is 18.6 Å². The molecule has 0 N–H and O–H groups in total. The van der Waals surface area contributed by atoms with Crippen LogP contribution in [0.2, 0.25) is 0 Å². The highest BCUT2D eigenvalue weighted by Crippen LogP contribution is 2.24. The fraction of sp³-hybridized carbons (Fsp3) is 0.300. The van der Waals surface area contributed by atoms with Crippen molar-refractivity contribution < 1.29 is 18.0 Å². The van der Waals surface area contributed by atoms with Crippen molar-refractivity contribution in [2.45, 2.75) is 29.4 Å². The second-order valence-electron chi connectivity index (χ2n) is 6.40. The number of rotatable bonds is 6. The minimum atomic E-state index is -3.44. The zero-order valence-corrected chi connectivity index (χ0v) is 15.2. The minimum Gasteiger partial charge on any atom is -0.341 e. The Balaban J connectivity index is 1.57. The van der Waals surface area contributed by atoms with Gasteiger partial charge in [0.2, 0.25) is 5.91 Å². The van der Waals surface area contributed by atoms with Crippen LogP contribution in [0.15, 0.2) is 65.6 Å². The van der Waals surface area contributed by atoms with Gasteiger partial charge in [-0.1, -0.05) is 48.5 Å². The topological polar surface area (TPSA) is 71.5 Å². The predicted octanol–water partition coefficient (Wildman–Crippen LogP) is 2.72. The first-order chi connectivity index (χ1) is 12.5. The van der Waals surface area contributed by atoms with Gasteiger partial charge in [0.25, 0.3) is 0 Å². The summed E-state index contributed by atoms with van der Waals surface area (Å²) in [5.41, 5.74) is 0.589. The van der Waals surface area contributed by atoms with Gasteiger partial charge in [0.1, 0.15) is 0 Å². The normalized spacial score (nSPS) is 17.2. The van der Waals surface area contributed by atoms with Crippen LogP contribution in [-0.4, -0.2) is 43.3 Å². The number of carbonyl (C=O) groups is 2. The summed E-state index contributed by atoms with van der Waals surface area (Å²) >= 11 is 0. The zero-order chi connectivity index (χ0) is 18.6. The highest BCUT2D eigenvalue weighted by molar-refractivity contribution is 7.92. The molecule has 2 aromatic carbocycles. The van der Waals surface area contributed by atoms with Gasteiger partial charge >= 0.3 is 0 Å². The summed E-state index contributed by atoms with van der Waals surface area (Å²) in [7, 11) is -3.44. The van der Waals surface area contributed by atoms with Crippen molar-refractivity contribution in [2.75, 3.05) is 13.1 Å². The van der Waals surface area contributed by atoms with Crippen LogP contribution in [0.3, 0.4) is 0 Å². The number of sulfone groups is 1. The van der Waals surface area contributed by atoms with Gasteiger partial charge in [-0.3, -0.25) is 9.59 Å².